The lowest BCUT2D eigenvalue weighted by atomic mass is 9.83. The molecule has 0 saturated heterocycles. The topological polar surface area (TPSA) is 29.1 Å². The van der Waals surface area contributed by atoms with E-state index in [-0.39, 0.29) is 5.92 Å². The van der Waals surface area contributed by atoms with Gasteiger partial charge >= 0.3 is 0 Å². The van der Waals surface area contributed by atoms with Crippen molar-refractivity contribution in [1.29, 1.82) is 0 Å². The predicted octanol–water partition coefficient (Wildman–Crippen LogP) is 4.39. The van der Waals surface area contributed by atoms with E-state index in [1.54, 1.807) is 0 Å². The largest absolute Gasteiger partial charge is 0.356 e. The summed E-state index contributed by atoms with van der Waals surface area (Å²) in [4.78, 5) is 12.1. The molecule has 1 amide bonds. The molecule has 0 bridgehead atoms. The minimum absolute atomic E-state index is 0.271. The Hall–Kier alpha value is -0.530. The Morgan fingerprint density at radius 1 is 1.05 bits per heavy atom. The molecule has 1 aliphatic rings. The molecule has 0 radical (unpaired) electrons. The van der Waals surface area contributed by atoms with Crippen LogP contribution in [-0.4, -0.2) is 12.5 Å². The average molecular weight is 267 g/mol. The van der Waals surface area contributed by atoms with Gasteiger partial charge in [0.05, 0.1) is 0 Å². The molecule has 0 spiro atoms. The van der Waals surface area contributed by atoms with Crippen LogP contribution in [0.5, 0.6) is 0 Å². The van der Waals surface area contributed by atoms with Crippen molar-refractivity contribution in [2.45, 2.75) is 73.6 Å². The van der Waals surface area contributed by atoms with Gasteiger partial charge in [-0.15, -0.1) is 0 Å². The standard InChI is InChI=1S/C17H33NO/c1-16(2,3)9-10-18-15(19)14-8-7-13(11-14)12-17(4,5)6/h13-14H,7-12H2,1-6H3,(H,18,19)/t13-,14-/m0/s1. The van der Waals surface area contributed by atoms with Gasteiger partial charge in [0.25, 0.3) is 0 Å². The van der Waals surface area contributed by atoms with Crippen molar-refractivity contribution in [1.82, 2.24) is 5.32 Å². The second-order valence-electron chi connectivity index (χ2n) is 8.74. The maximum absolute atomic E-state index is 12.1. The van der Waals surface area contributed by atoms with Gasteiger partial charge in [-0.25, -0.2) is 0 Å². The monoisotopic (exact) mass is 267 g/mol. The summed E-state index contributed by atoms with van der Waals surface area (Å²) in [6.45, 7) is 14.4. The molecule has 1 N–H and O–H groups in total. The first-order valence-corrected chi connectivity index (χ1v) is 7.84. The second-order valence-corrected chi connectivity index (χ2v) is 8.74. The van der Waals surface area contributed by atoms with Crippen LogP contribution in [0.25, 0.3) is 0 Å². The first-order valence-electron chi connectivity index (χ1n) is 7.84. The van der Waals surface area contributed by atoms with Gasteiger partial charge in [0.15, 0.2) is 0 Å². The highest BCUT2D eigenvalue weighted by molar-refractivity contribution is 5.78. The average Bonchev–Trinajstić information content (AvgIpc) is 2.61. The summed E-state index contributed by atoms with van der Waals surface area (Å²) in [5.41, 5.74) is 0.694. The lowest BCUT2D eigenvalue weighted by Gasteiger charge is -2.23. The van der Waals surface area contributed by atoms with Crippen molar-refractivity contribution >= 4 is 5.91 Å². The highest BCUT2D eigenvalue weighted by Gasteiger charge is 2.31. The Kier molecular flexibility index (Phi) is 5.46. The Bertz CT molecular complexity index is 295. The molecule has 112 valence electrons. The van der Waals surface area contributed by atoms with Crippen LogP contribution in [0.1, 0.15) is 73.6 Å². The molecule has 1 aliphatic carbocycles. The highest BCUT2D eigenvalue weighted by atomic mass is 16.1. The Morgan fingerprint density at radius 2 is 1.68 bits per heavy atom. The molecule has 2 atom stereocenters. The molecule has 0 aromatic carbocycles. The minimum Gasteiger partial charge on any atom is -0.356 e. The number of hydrogen-bond acceptors (Lipinski definition) is 1. The SMILES string of the molecule is CC(C)(C)CCNC(=O)[C@H]1CC[C@H](CC(C)(C)C)C1. The molecule has 1 fully saturated rings. The van der Waals surface area contributed by atoms with Crippen LogP contribution in [0.2, 0.25) is 0 Å². The highest BCUT2D eigenvalue weighted by Crippen LogP contribution is 2.38. The van der Waals surface area contributed by atoms with E-state index in [4.69, 9.17) is 0 Å². The molecule has 19 heavy (non-hydrogen) atoms. The normalized spacial score (nSPS) is 24.5. The maximum Gasteiger partial charge on any atom is 0.223 e. The van der Waals surface area contributed by atoms with Gasteiger partial charge < -0.3 is 5.32 Å². The van der Waals surface area contributed by atoms with Gasteiger partial charge in [0.2, 0.25) is 5.91 Å². The van der Waals surface area contributed by atoms with Crippen LogP contribution in [0.15, 0.2) is 0 Å². The number of rotatable bonds is 4. The third kappa shape index (κ3) is 6.98. The number of amides is 1. The lowest BCUT2D eigenvalue weighted by molar-refractivity contribution is -0.124. The molecular formula is C17H33NO. The van der Waals surface area contributed by atoms with Crippen molar-refractivity contribution in [3.8, 4) is 0 Å². The molecule has 2 heteroatoms. The number of nitrogens with one attached hydrogen (secondary N) is 1. The Labute approximate surface area is 119 Å². The van der Waals surface area contributed by atoms with E-state index in [0.717, 1.165) is 31.7 Å². The summed E-state index contributed by atoms with van der Waals surface area (Å²) in [6, 6.07) is 0. The molecule has 0 heterocycles. The van der Waals surface area contributed by atoms with E-state index < -0.39 is 0 Å². The van der Waals surface area contributed by atoms with Gasteiger partial charge in [-0.1, -0.05) is 41.5 Å². The summed E-state index contributed by atoms with van der Waals surface area (Å²) < 4.78 is 0. The van der Waals surface area contributed by atoms with Crippen LogP contribution >= 0.6 is 0 Å². The summed E-state index contributed by atoms with van der Waals surface area (Å²) in [5, 5.41) is 3.13. The number of carbonyl (C=O) groups is 1. The molecule has 1 saturated carbocycles. The molecule has 0 aromatic rings. The minimum atomic E-state index is 0.271. The van der Waals surface area contributed by atoms with Gasteiger partial charge in [0, 0.05) is 12.5 Å². The molecule has 0 unspecified atom stereocenters. The molecule has 1 rings (SSSR count). The zero-order valence-corrected chi connectivity index (χ0v) is 13.8. The Morgan fingerprint density at radius 3 is 2.21 bits per heavy atom. The second kappa shape index (κ2) is 6.28. The number of carbonyl (C=O) groups excluding carboxylic acids is 1. The lowest BCUT2D eigenvalue weighted by Crippen LogP contribution is -2.32. The third-order valence-corrected chi connectivity index (χ3v) is 3.99. The zero-order chi connectivity index (χ0) is 14.7. The van der Waals surface area contributed by atoms with E-state index in [1.165, 1.54) is 12.8 Å². The van der Waals surface area contributed by atoms with E-state index in [1.807, 2.05) is 0 Å². The van der Waals surface area contributed by atoms with Crippen LogP contribution in [0.4, 0.5) is 0 Å². The zero-order valence-electron chi connectivity index (χ0n) is 13.8. The molecule has 0 aliphatic heterocycles. The molecule has 2 nitrogen and oxygen atoms in total. The van der Waals surface area contributed by atoms with Crippen molar-refractivity contribution in [3.63, 3.8) is 0 Å². The predicted molar refractivity (Wildman–Crippen MR) is 82.0 cm³/mol. The van der Waals surface area contributed by atoms with Crippen molar-refractivity contribution in [3.05, 3.63) is 0 Å². The summed E-state index contributed by atoms with van der Waals surface area (Å²) in [7, 11) is 0. The van der Waals surface area contributed by atoms with Crippen LogP contribution < -0.4 is 5.32 Å². The van der Waals surface area contributed by atoms with Gasteiger partial charge in [-0.3, -0.25) is 4.79 Å². The first kappa shape index (κ1) is 16.5. The third-order valence-electron chi connectivity index (χ3n) is 3.99. The summed E-state index contributed by atoms with van der Waals surface area (Å²) in [5.74, 6) is 1.31. The van der Waals surface area contributed by atoms with Gasteiger partial charge in [0.1, 0.15) is 0 Å². The number of hydrogen-bond donors (Lipinski definition) is 1. The fourth-order valence-electron chi connectivity index (χ4n) is 3.07. The van der Waals surface area contributed by atoms with Crippen molar-refractivity contribution in [2.24, 2.45) is 22.7 Å². The first-order chi connectivity index (χ1) is 8.57. The fourth-order valence-corrected chi connectivity index (χ4v) is 3.07. The van der Waals surface area contributed by atoms with Gasteiger partial charge in [-0.05, 0) is 48.9 Å². The fraction of sp³-hybridized carbons (Fsp3) is 0.941. The van der Waals surface area contributed by atoms with Crippen molar-refractivity contribution in [2.75, 3.05) is 6.54 Å². The quantitative estimate of drug-likeness (QED) is 0.804. The molecular weight excluding hydrogens is 234 g/mol. The van der Waals surface area contributed by atoms with E-state index in [0.29, 0.717) is 16.7 Å². The van der Waals surface area contributed by atoms with Gasteiger partial charge in [-0.2, -0.15) is 0 Å². The van der Waals surface area contributed by atoms with E-state index in [9.17, 15) is 4.79 Å². The molecule has 0 aromatic heterocycles. The van der Waals surface area contributed by atoms with Crippen molar-refractivity contribution < 1.29 is 4.79 Å². The van der Waals surface area contributed by atoms with Crippen LogP contribution in [0.3, 0.4) is 0 Å². The summed E-state index contributed by atoms with van der Waals surface area (Å²) in [6.07, 6.45) is 5.71. The summed E-state index contributed by atoms with van der Waals surface area (Å²) >= 11 is 0. The van der Waals surface area contributed by atoms with E-state index >= 15 is 0 Å². The van der Waals surface area contributed by atoms with E-state index in [2.05, 4.69) is 46.9 Å². The Balaban J connectivity index is 2.28. The maximum atomic E-state index is 12.1. The van der Waals surface area contributed by atoms with Crippen LogP contribution in [0, 0.1) is 22.7 Å². The smallest absolute Gasteiger partial charge is 0.223 e. The van der Waals surface area contributed by atoms with Crippen LogP contribution in [-0.2, 0) is 4.79 Å².